The number of aldehydes is 1. The van der Waals surface area contributed by atoms with Crippen molar-refractivity contribution < 1.29 is 23.9 Å². The highest BCUT2D eigenvalue weighted by Crippen LogP contribution is 2.40. The summed E-state index contributed by atoms with van der Waals surface area (Å²) in [4.78, 5) is 29.8. The number of carbonyl (C=O) groups is 1. The highest BCUT2D eigenvalue weighted by molar-refractivity contribution is 7.50. The van der Waals surface area contributed by atoms with Gasteiger partial charge in [-0.25, -0.2) is 0 Å². The zero-order chi connectivity index (χ0) is 19.4. The van der Waals surface area contributed by atoms with E-state index in [9.17, 15) is 19.1 Å². The van der Waals surface area contributed by atoms with E-state index < -0.39 is 13.8 Å². The smallest absolute Gasteiger partial charge is 0.331 e. The highest BCUT2D eigenvalue weighted by Gasteiger charge is 2.20. The zero-order valence-electron chi connectivity index (χ0n) is 14.6. The molecule has 1 aromatic heterocycles. The molecular formula is C19H19N2O5P. The molecule has 2 aromatic carbocycles. The average molecular weight is 386 g/mol. The van der Waals surface area contributed by atoms with Gasteiger partial charge in [0.2, 0.25) is 0 Å². The van der Waals surface area contributed by atoms with E-state index in [1.165, 1.54) is 0 Å². The lowest BCUT2D eigenvalue weighted by Gasteiger charge is -2.09. The summed E-state index contributed by atoms with van der Waals surface area (Å²) in [7, 11) is -2.68. The number of carbonyl (C=O) groups excluding carboxylic acids is 1. The van der Waals surface area contributed by atoms with Crippen molar-refractivity contribution in [2.75, 3.05) is 7.11 Å². The number of methoxy groups -OCH3 is 1. The Morgan fingerprint density at radius 2 is 1.89 bits per heavy atom. The fourth-order valence-electron chi connectivity index (χ4n) is 2.75. The van der Waals surface area contributed by atoms with Crippen molar-refractivity contribution in [2.45, 2.75) is 12.7 Å². The van der Waals surface area contributed by atoms with Crippen LogP contribution in [0.4, 0.5) is 0 Å². The summed E-state index contributed by atoms with van der Waals surface area (Å²) in [6.07, 6.45) is 0.331. The van der Waals surface area contributed by atoms with Gasteiger partial charge >= 0.3 is 7.60 Å². The Bertz CT molecular complexity index is 992. The lowest BCUT2D eigenvalue weighted by atomic mass is 10.1. The van der Waals surface area contributed by atoms with Crippen molar-refractivity contribution in [3.8, 4) is 17.0 Å². The number of hydrogen-bond donors (Lipinski definition) is 2. The molecule has 27 heavy (non-hydrogen) atoms. The summed E-state index contributed by atoms with van der Waals surface area (Å²) < 4.78 is 18.2. The predicted molar refractivity (Wildman–Crippen MR) is 101 cm³/mol. The van der Waals surface area contributed by atoms with Crippen LogP contribution in [0, 0.1) is 0 Å². The Morgan fingerprint density at radius 3 is 2.52 bits per heavy atom. The first-order chi connectivity index (χ1) is 12.9. The second-order valence-corrected chi connectivity index (χ2v) is 7.74. The number of nitrogens with zero attached hydrogens (tertiary/aromatic N) is 2. The van der Waals surface area contributed by atoms with Gasteiger partial charge in [-0.1, -0.05) is 30.3 Å². The molecule has 0 atom stereocenters. The maximum Gasteiger partial charge on any atom is 0.331 e. The largest absolute Gasteiger partial charge is 0.497 e. The van der Waals surface area contributed by atoms with Gasteiger partial charge < -0.3 is 14.5 Å². The van der Waals surface area contributed by atoms with Crippen LogP contribution in [0.2, 0.25) is 0 Å². The van der Waals surface area contributed by atoms with Gasteiger partial charge in [-0.05, 0) is 29.8 Å². The minimum absolute atomic E-state index is 0.354. The first-order valence-electron chi connectivity index (χ1n) is 8.18. The average Bonchev–Trinajstić information content (AvgIpc) is 3.03. The van der Waals surface area contributed by atoms with Gasteiger partial charge in [0, 0.05) is 11.1 Å². The van der Waals surface area contributed by atoms with E-state index >= 15 is 0 Å². The summed E-state index contributed by atoms with van der Waals surface area (Å²) in [6, 6.07) is 15.9. The van der Waals surface area contributed by atoms with E-state index in [2.05, 4.69) is 5.10 Å². The lowest BCUT2D eigenvalue weighted by Crippen LogP contribution is -2.06. The first kappa shape index (κ1) is 19.0. The van der Waals surface area contributed by atoms with Crippen molar-refractivity contribution in [1.82, 2.24) is 9.78 Å². The number of hydrogen-bond acceptors (Lipinski definition) is 4. The maximum absolute atomic E-state index is 11.5. The normalized spacial score (nSPS) is 11.4. The van der Waals surface area contributed by atoms with Crippen LogP contribution >= 0.6 is 7.60 Å². The fourth-order valence-corrected chi connectivity index (χ4v) is 3.42. The molecule has 0 fully saturated rings. The molecule has 3 rings (SSSR count). The molecule has 0 aliphatic heterocycles. The van der Waals surface area contributed by atoms with Gasteiger partial charge in [-0.2, -0.15) is 5.10 Å². The number of rotatable bonds is 7. The molecule has 0 spiro atoms. The Morgan fingerprint density at radius 1 is 1.15 bits per heavy atom. The molecule has 2 N–H and O–H groups in total. The summed E-state index contributed by atoms with van der Waals surface area (Å²) in [5.74, 6) is 0.723. The molecule has 0 bridgehead atoms. The maximum atomic E-state index is 11.5. The summed E-state index contributed by atoms with van der Waals surface area (Å²) >= 11 is 0. The standard InChI is InChI=1S/C19H19N2O5P/c1-26-18-7-5-14(6-8-18)11-21-17(13-27(23,24)25)10-19(20-21)16-4-2-3-15(9-16)12-22/h2-10,12H,11,13H2,1H3,(H2,23,24,25). The van der Waals surface area contributed by atoms with Crippen LogP contribution in [0.5, 0.6) is 5.75 Å². The second-order valence-electron chi connectivity index (χ2n) is 6.09. The van der Waals surface area contributed by atoms with E-state index in [1.807, 2.05) is 24.3 Å². The van der Waals surface area contributed by atoms with Gasteiger partial charge in [-0.3, -0.25) is 14.0 Å². The van der Waals surface area contributed by atoms with Gasteiger partial charge in [-0.15, -0.1) is 0 Å². The van der Waals surface area contributed by atoms with Crippen LogP contribution < -0.4 is 4.74 Å². The third-order valence-corrected chi connectivity index (χ3v) is 4.78. The summed E-state index contributed by atoms with van der Waals surface area (Å²) in [5.41, 5.74) is 3.11. The van der Waals surface area contributed by atoms with E-state index in [-0.39, 0.29) is 0 Å². The highest BCUT2D eigenvalue weighted by atomic mass is 31.2. The monoisotopic (exact) mass is 386 g/mol. The Hall–Kier alpha value is -2.73. The van der Waals surface area contributed by atoms with E-state index in [0.717, 1.165) is 17.6 Å². The third kappa shape index (κ3) is 4.92. The molecule has 8 heteroatoms. The number of benzene rings is 2. The molecule has 1 heterocycles. The van der Waals surface area contributed by atoms with Crippen LogP contribution in [0.25, 0.3) is 11.3 Å². The second kappa shape index (κ2) is 7.88. The van der Waals surface area contributed by atoms with Crippen LogP contribution in [-0.2, 0) is 17.3 Å². The molecule has 0 aliphatic carbocycles. The molecule has 0 aliphatic rings. The van der Waals surface area contributed by atoms with Gasteiger partial charge in [0.1, 0.15) is 12.0 Å². The van der Waals surface area contributed by atoms with Gasteiger partial charge in [0.05, 0.1) is 31.2 Å². The van der Waals surface area contributed by atoms with Crippen LogP contribution in [0.1, 0.15) is 21.6 Å². The Labute approximate surface area is 156 Å². The molecule has 3 aromatic rings. The van der Waals surface area contributed by atoms with Crippen molar-refractivity contribution >= 4 is 13.9 Å². The molecule has 0 unspecified atom stereocenters. The Balaban J connectivity index is 1.98. The molecule has 0 amide bonds. The predicted octanol–water partition coefficient (Wildman–Crippen LogP) is 3.10. The van der Waals surface area contributed by atoms with Crippen molar-refractivity contribution in [1.29, 1.82) is 0 Å². The molecule has 7 nitrogen and oxygen atoms in total. The third-order valence-electron chi connectivity index (χ3n) is 4.04. The van der Waals surface area contributed by atoms with E-state index in [0.29, 0.717) is 29.1 Å². The molecular weight excluding hydrogens is 367 g/mol. The van der Waals surface area contributed by atoms with Crippen molar-refractivity contribution in [3.63, 3.8) is 0 Å². The zero-order valence-corrected chi connectivity index (χ0v) is 15.5. The summed E-state index contributed by atoms with van der Waals surface area (Å²) in [6.45, 7) is 0.354. The lowest BCUT2D eigenvalue weighted by molar-refractivity contribution is 0.112. The summed E-state index contributed by atoms with van der Waals surface area (Å²) in [5, 5.41) is 4.50. The first-order valence-corrected chi connectivity index (χ1v) is 9.97. The van der Waals surface area contributed by atoms with E-state index in [1.54, 1.807) is 42.1 Å². The van der Waals surface area contributed by atoms with Crippen molar-refractivity contribution in [3.05, 3.63) is 71.4 Å². The SMILES string of the molecule is COc1ccc(Cn2nc(-c3cccc(C=O)c3)cc2CP(=O)(O)O)cc1. The van der Waals surface area contributed by atoms with Crippen LogP contribution in [0.3, 0.4) is 0 Å². The van der Waals surface area contributed by atoms with Crippen molar-refractivity contribution in [2.24, 2.45) is 0 Å². The van der Waals surface area contributed by atoms with Crippen LogP contribution in [0.15, 0.2) is 54.6 Å². The number of ether oxygens (including phenoxy) is 1. The van der Waals surface area contributed by atoms with Gasteiger partial charge in [0.25, 0.3) is 0 Å². The molecule has 140 valence electrons. The van der Waals surface area contributed by atoms with Gasteiger partial charge in [0.15, 0.2) is 0 Å². The quantitative estimate of drug-likeness (QED) is 0.478. The minimum Gasteiger partial charge on any atom is -0.497 e. The fraction of sp³-hybridized carbons (Fsp3) is 0.158. The molecule has 0 radical (unpaired) electrons. The molecule has 0 saturated carbocycles. The van der Waals surface area contributed by atoms with Crippen LogP contribution in [-0.4, -0.2) is 33.0 Å². The Kier molecular flexibility index (Phi) is 5.56. The number of aromatic nitrogens is 2. The molecule has 0 saturated heterocycles. The van der Waals surface area contributed by atoms with E-state index in [4.69, 9.17) is 4.74 Å². The minimum atomic E-state index is -4.26. The topological polar surface area (TPSA) is 102 Å².